The van der Waals surface area contributed by atoms with Crippen LogP contribution in [0, 0.1) is 23.7 Å². The number of carbonyl (C=O) groups excluding carboxylic acids is 2. The van der Waals surface area contributed by atoms with E-state index in [1.165, 1.54) is 0 Å². The molecule has 3 atom stereocenters. The molecule has 29 heavy (non-hydrogen) atoms. The largest absolute Gasteiger partial charge is 0.381 e. The van der Waals surface area contributed by atoms with Crippen LogP contribution in [0.3, 0.4) is 0 Å². The zero-order chi connectivity index (χ0) is 21.0. The molecule has 2 N–H and O–H groups in total. The number of ketones is 1. The lowest BCUT2D eigenvalue weighted by molar-refractivity contribution is -0.143. The minimum atomic E-state index is -0.491. The van der Waals surface area contributed by atoms with Crippen LogP contribution in [0.2, 0.25) is 0 Å². The summed E-state index contributed by atoms with van der Waals surface area (Å²) in [5.41, 5.74) is 5.87. The number of carbonyl (C=O) groups is 2. The zero-order valence-corrected chi connectivity index (χ0v) is 18.2. The van der Waals surface area contributed by atoms with Crippen LogP contribution in [0.4, 0.5) is 4.39 Å². The molecule has 1 heterocycles. The highest BCUT2D eigenvalue weighted by Gasteiger charge is 2.46. The van der Waals surface area contributed by atoms with Crippen LogP contribution in [0.15, 0.2) is 0 Å². The Hall–Kier alpha value is -1.01. The van der Waals surface area contributed by atoms with Gasteiger partial charge in [0.1, 0.15) is 6.67 Å². The summed E-state index contributed by atoms with van der Waals surface area (Å²) >= 11 is 0. The molecule has 0 bridgehead atoms. The first-order valence-electron chi connectivity index (χ1n) is 11.7. The van der Waals surface area contributed by atoms with Gasteiger partial charge in [0.2, 0.25) is 5.91 Å². The van der Waals surface area contributed by atoms with Crippen molar-refractivity contribution < 1.29 is 18.7 Å². The lowest BCUT2D eigenvalue weighted by atomic mass is 9.74. The summed E-state index contributed by atoms with van der Waals surface area (Å²) in [6, 6.07) is -0.652. The second kappa shape index (κ2) is 10.3. The number of rotatable bonds is 7. The molecule has 1 saturated heterocycles. The molecule has 3 fully saturated rings. The van der Waals surface area contributed by atoms with Crippen molar-refractivity contribution in [3.63, 3.8) is 0 Å². The number of hydrogen-bond donors (Lipinski definition) is 1. The van der Waals surface area contributed by atoms with Gasteiger partial charge in [-0.15, -0.1) is 0 Å². The fraction of sp³-hybridized carbons (Fsp3) is 0.913. The highest BCUT2D eigenvalue weighted by molar-refractivity contribution is 5.90. The van der Waals surface area contributed by atoms with Gasteiger partial charge in [-0.25, -0.2) is 4.39 Å². The van der Waals surface area contributed by atoms with E-state index in [1.54, 1.807) is 7.11 Å². The predicted molar refractivity (Wildman–Crippen MR) is 111 cm³/mol. The standard InChI is InChI=1S/C23H39FN2O3/c1-3-21(27)22-19(15-8-10-18(29-2)11-9-15)12-13-26(22)23(28)17-6-4-16(5-7-17)20(25)14-24/h15-20,22H,3-14,25H2,1-2H3/t15?,16?,17?,18?,19-,20+,22-/m0/s1. The molecule has 1 aliphatic heterocycles. The number of methoxy groups -OCH3 is 1. The Morgan fingerprint density at radius 1 is 1.07 bits per heavy atom. The second-order valence-electron chi connectivity index (χ2n) is 9.45. The van der Waals surface area contributed by atoms with Crippen molar-refractivity contribution in [2.75, 3.05) is 20.3 Å². The number of Topliss-reactive ketones (excluding diaryl/α,β-unsaturated/α-hetero) is 1. The van der Waals surface area contributed by atoms with Crippen LogP contribution in [-0.2, 0) is 14.3 Å². The molecule has 3 rings (SSSR count). The van der Waals surface area contributed by atoms with Crippen LogP contribution >= 0.6 is 0 Å². The Kier molecular flexibility index (Phi) is 8.08. The quantitative estimate of drug-likeness (QED) is 0.697. The molecule has 0 aromatic carbocycles. The van der Waals surface area contributed by atoms with Crippen molar-refractivity contribution in [3.8, 4) is 0 Å². The van der Waals surface area contributed by atoms with Crippen molar-refractivity contribution in [2.45, 2.75) is 89.3 Å². The van der Waals surface area contributed by atoms with E-state index in [0.29, 0.717) is 30.9 Å². The topological polar surface area (TPSA) is 72.6 Å². The normalized spacial score (nSPS) is 36.8. The van der Waals surface area contributed by atoms with Crippen molar-refractivity contribution >= 4 is 11.7 Å². The van der Waals surface area contributed by atoms with Crippen molar-refractivity contribution in [1.29, 1.82) is 0 Å². The van der Waals surface area contributed by atoms with E-state index >= 15 is 0 Å². The number of ether oxygens (including phenoxy) is 1. The molecule has 0 spiro atoms. The first-order valence-corrected chi connectivity index (χ1v) is 11.7. The molecule has 1 amide bonds. The number of nitrogens with zero attached hydrogens (tertiary/aromatic N) is 1. The van der Waals surface area contributed by atoms with Crippen LogP contribution in [0.1, 0.15) is 71.1 Å². The van der Waals surface area contributed by atoms with Crippen LogP contribution in [-0.4, -0.2) is 55.1 Å². The van der Waals surface area contributed by atoms with E-state index in [1.807, 2.05) is 11.8 Å². The van der Waals surface area contributed by atoms with Gasteiger partial charge in [0.15, 0.2) is 5.78 Å². The lowest BCUT2D eigenvalue weighted by Gasteiger charge is -2.37. The molecule has 0 aromatic rings. The number of alkyl halides is 1. The predicted octanol–water partition coefficient (Wildman–Crippen LogP) is 3.49. The van der Waals surface area contributed by atoms with Gasteiger partial charge in [-0.05, 0) is 75.5 Å². The maximum Gasteiger partial charge on any atom is 0.226 e. The first-order chi connectivity index (χ1) is 14.0. The average Bonchev–Trinajstić information content (AvgIpc) is 3.22. The highest BCUT2D eigenvalue weighted by Crippen LogP contribution is 2.41. The van der Waals surface area contributed by atoms with Gasteiger partial charge >= 0.3 is 0 Å². The van der Waals surface area contributed by atoms with Gasteiger partial charge < -0.3 is 15.4 Å². The Morgan fingerprint density at radius 2 is 1.72 bits per heavy atom. The fourth-order valence-corrected chi connectivity index (χ4v) is 6.09. The maximum atomic E-state index is 13.4. The molecule has 6 heteroatoms. The Labute approximate surface area is 174 Å². The first kappa shape index (κ1) is 22.7. The summed E-state index contributed by atoms with van der Waals surface area (Å²) in [4.78, 5) is 28.2. The molecular weight excluding hydrogens is 371 g/mol. The monoisotopic (exact) mass is 410 g/mol. The summed E-state index contributed by atoms with van der Waals surface area (Å²) < 4.78 is 18.4. The van der Waals surface area contributed by atoms with E-state index in [0.717, 1.165) is 57.8 Å². The Balaban J connectivity index is 1.64. The molecule has 5 nitrogen and oxygen atoms in total. The van der Waals surface area contributed by atoms with Crippen molar-refractivity contribution in [3.05, 3.63) is 0 Å². The average molecular weight is 411 g/mol. The van der Waals surface area contributed by atoms with Crippen LogP contribution in [0.5, 0.6) is 0 Å². The fourth-order valence-electron chi connectivity index (χ4n) is 6.09. The maximum absolute atomic E-state index is 13.4. The summed E-state index contributed by atoms with van der Waals surface area (Å²) in [7, 11) is 1.78. The molecule has 0 unspecified atom stereocenters. The van der Waals surface area contributed by atoms with Gasteiger partial charge in [0.05, 0.1) is 12.1 Å². The summed E-state index contributed by atoms with van der Waals surface area (Å²) in [5.74, 6) is 1.31. The molecular formula is C23H39FN2O3. The smallest absolute Gasteiger partial charge is 0.226 e. The molecule has 166 valence electrons. The minimum Gasteiger partial charge on any atom is -0.381 e. The Bertz CT molecular complexity index is 556. The molecule has 0 aromatic heterocycles. The van der Waals surface area contributed by atoms with E-state index in [4.69, 9.17) is 10.5 Å². The van der Waals surface area contributed by atoms with Crippen LogP contribution < -0.4 is 5.73 Å². The molecule has 0 radical (unpaired) electrons. The van der Waals surface area contributed by atoms with E-state index in [9.17, 15) is 14.0 Å². The second-order valence-corrected chi connectivity index (χ2v) is 9.45. The van der Waals surface area contributed by atoms with Gasteiger partial charge in [-0.2, -0.15) is 0 Å². The van der Waals surface area contributed by atoms with Gasteiger partial charge in [0, 0.05) is 32.0 Å². The summed E-state index contributed by atoms with van der Waals surface area (Å²) in [5, 5.41) is 0. The number of nitrogens with two attached hydrogens (primary N) is 1. The molecule has 3 aliphatic rings. The zero-order valence-electron chi connectivity index (χ0n) is 18.2. The molecule has 2 aliphatic carbocycles. The molecule has 2 saturated carbocycles. The summed E-state index contributed by atoms with van der Waals surface area (Å²) in [6.07, 6.45) is 9.21. The van der Waals surface area contributed by atoms with E-state index < -0.39 is 12.7 Å². The Morgan fingerprint density at radius 3 is 2.28 bits per heavy atom. The van der Waals surface area contributed by atoms with E-state index in [2.05, 4.69) is 0 Å². The number of likely N-dealkylation sites (tertiary alicyclic amines) is 1. The number of amides is 1. The minimum absolute atomic E-state index is 0.0341. The highest BCUT2D eigenvalue weighted by atomic mass is 19.1. The van der Waals surface area contributed by atoms with Gasteiger partial charge in [-0.1, -0.05) is 6.92 Å². The lowest BCUT2D eigenvalue weighted by Crippen LogP contribution is -2.48. The third kappa shape index (κ3) is 5.01. The summed E-state index contributed by atoms with van der Waals surface area (Å²) in [6.45, 7) is 2.12. The van der Waals surface area contributed by atoms with E-state index in [-0.39, 0.29) is 29.6 Å². The van der Waals surface area contributed by atoms with Gasteiger partial charge in [0.25, 0.3) is 0 Å². The SMILES string of the molecule is CCC(=O)[C@@H]1[C@H](C2CCC(OC)CC2)CCN1C(=O)C1CCC([C@H](N)CF)CC1. The van der Waals surface area contributed by atoms with Crippen molar-refractivity contribution in [1.82, 2.24) is 4.90 Å². The van der Waals surface area contributed by atoms with Gasteiger partial charge in [-0.3, -0.25) is 9.59 Å². The van der Waals surface area contributed by atoms with Crippen LogP contribution in [0.25, 0.3) is 0 Å². The van der Waals surface area contributed by atoms with Crippen molar-refractivity contribution in [2.24, 2.45) is 29.4 Å². The number of hydrogen-bond acceptors (Lipinski definition) is 4. The number of halogens is 1. The third-order valence-electron chi connectivity index (χ3n) is 7.97. The third-order valence-corrected chi connectivity index (χ3v) is 7.97.